The molecule has 0 aliphatic heterocycles. The van der Waals surface area contributed by atoms with Gasteiger partial charge in [0.05, 0.1) is 13.2 Å². The fourth-order valence-electron chi connectivity index (χ4n) is 3.37. The van der Waals surface area contributed by atoms with Crippen LogP contribution in [0.2, 0.25) is 0 Å². The highest BCUT2D eigenvalue weighted by molar-refractivity contribution is 5.94. The summed E-state index contributed by atoms with van der Waals surface area (Å²) in [7, 11) is 1.62. The van der Waals surface area contributed by atoms with Gasteiger partial charge in [-0.25, -0.2) is 4.98 Å². The van der Waals surface area contributed by atoms with E-state index >= 15 is 0 Å². The molecule has 0 radical (unpaired) electrons. The number of nitrogens with zero attached hydrogens (tertiary/aromatic N) is 1. The van der Waals surface area contributed by atoms with Crippen molar-refractivity contribution in [2.75, 3.05) is 13.7 Å². The number of carbonyl (C=O) groups is 1. The lowest BCUT2D eigenvalue weighted by Gasteiger charge is -2.25. The molecule has 6 heteroatoms. The van der Waals surface area contributed by atoms with Crippen LogP contribution in [0.1, 0.15) is 42.9 Å². The first-order valence-corrected chi connectivity index (χ1v) is 9.03. The number of rotatable bonds is 7. The summed E-state index contributed by atoms with van der Waals surface area (Å²) in [5, 5.41) is 13.3. The van der Waals surface area contributed by atoms with Crippen molar-refractivity contribution < 1.29 is 14.6 Å². The third-order valence-electron chi connectivity index (χ3n) is 5.20. The van der Waals surface area contributed by atoms with Gasteiger partial charge < -0.3 is 20.1 Å². The number of nitrogens with one attached hydrogen (secondary N) is 2. The van der Waals surface area contributed by atoms with E-state index < -0.39 is 6.10 Å². The summed E-state index contributed by atoms with van der Waals surface area (Å²) >= 11 is 0. The van der Waals surface area contributed by atoms with Crippen LogP contribution in [0.5, 0.6) is 5.75 Å². The number of ether oxygens (including phenoxy) is 1. The minimum absolute atomic E-state index is 0.177. The molecular weight excluding hydrogens is 330 g/mol. The predicted octanol–water partition coefficient (Wildman–Crippen LogP) is 2.92. The van der Waals surface area contributed by atoms with Crippen molar-refractivity contribution in [2.45, 2.75) is 39.7 Å². The Bertz CT molecular complexity index is 793. The quantitative estimate of drug-likeness (QED) is 0.711. The minimum atomic E-state index is -0.393. The van der Waals surface area contributed by atoms with Crippen molar-refractivity contribution in [3.05, 3.63) is 35.7 Å². The molecule has 0 saturated heterocycles. The highest BCUT2D eigenvalue weighted by Crippen LogP contribution is 2.50. The predicted molar refractivity (Wildman–Crippen MR) is 100 cm³/mol. The highest BCUT2D eigenvalue weighted by Gasteiger charge is 2.49. The Balaban J connectivity index is 1.72. The molecule has 6 nitrogen and oxygen atoms in total. The number of aromatic amines is 1. The zero-order valence-electron chi connectivity index (χ0n) is 15.8. The van der Waals surface area contributed by atoms with E-state index in [1.807, 2.05) is 45.0 Å². The summed E-state index contributed by atoms with van der Waals surface area (Å²) < 4.78 is 5.24. The zero-order valence-corrected chi connectivity index (χ0v) is 15.8. The SMILES string of the molecule is COc1cccc(-c2nc(C(=O)NCC3([C@@H](O)C(C)C)CC3)c(C)[nH]2)c1. The third-order valence-corrected chi connectivity index (χ3v) is 5.20. The van der Waals surface area contributed by atoms with E-state index in [1.54, 1.807) is 7.11 Å². The Morgan fingerprint density at radius 1 is 1.42 bits per heavy atom. The second-order valence-electron chi connectivity index (χ2n) is 7.52. The van der Waals surface area contributed by atoms with Gasteiger partial charge in [-0.15, -0.1) is 0 Å². The van der Waals surface area contributed by atoms with Crippen molar-refractivity contribution in [2.24, 2.45) is 11.3 Å². The summed E-state index contributed by atoms with van der Waals surface area (Å²) in [4.78, 5) is 20.2. The molecule has 0 unspecified atom stereocenters. The summed E-state index contributed by atoms with van der Waals surface area (Å²) in [5.74, 6) is 1.34. The van der Waals surface area contributed by atoms with Crippen LogP contribution in [0.4, 0.5) is 0 Å². The maximum atomic E-state index is 12.6. The number of H-pyrrole nitrogens is 1. The van der Waals surface area contributed by atoms with Crippen LogP contribution in [0, 0.1) is 18.3 Å². The monoisotopic (exact) mass is 357 g/mol. The molecule has 140 valence electrons. The third kappa shape index (κ3) is 3.60. The Hall–Kier alpha value is -2.34. The van der Waals surface area contributed by atoms with E-state index in [9.17, 15) is 9.90 Å². The fourth-order valence-corrected chi connectivity index (χ4v) is 3.37. The average Bonchev–Trinajstić information content (AvgIpc) is 3.33. The number of aromatic nitrogens is 2. The van der Waals surface area contributed by atoms with Crippen LogP contribution in [0.25, 0.3) is 11.4 Å². The van der Waals surface area contributed by atoms with E-state index in [1.165, 1.54) is 0 Å². The van der Waals surface area contributed by atoms with E-state index in [0.29, 0.717) is 18.1 Å². The van der Waals surface area contributed by atoms with E-state index in [-0.39, 0.29) is 17.2 Å². The number of aliphatic hydroxyl groups is 1. The molecule has 1 aromatic heterocycles. The van der Waals surface area contributed by atoms with Crippen molar-refractivity contribution in [1.82, 2.24) is 15.3 Å². The van der Waals surface area contributed by atoms with Crippen LogP contribution in [0.3, 0.4) is 0 Å². The smallest absolute Gasteiger partial charge is 0.271 e. The molecule has 1 fully saturated rings. The summed E-state index contributed by atoms with van der Waals surface area (Å²) in [6.07, 6.45) is 1.50. The van der Waals surface area contributed by atoms with Gasteiger partial charge in [-0.2, -0.15) is 0 Å². The molecule has 1 heterocycles. The summed E-state index contributed by atoms with van der Waals surface area (Å²) in [5.41, 5.74) is 1.79. The number of hydrogen-bond donors (Lipinski definition) is 3. The Morgan fingerprint density at radius 2 is 2.15 bits per heavy atom. The highest BCUT2D eigenvalue weighted by atomic mass is 16.5. The first-order chi connectivity index (χ1) is 12.4. The number of carbonyl (C=O) groups excluding carboxylic acids is 1. The molecule has 1 saturated carbocycles. The van der Waals surface area contributed by atoms with Crippen LogP contribution >= 0.6 is 0 Å². The van der Waals surface area contributed by atoms with Gasteiger partial charge in [-0.05, 0) is 37.8 Å². The normalized spacial score (nSPS) is 16.4. The van der Waals surface area contributed by atoms with E-state index in [0.717, 1.165) is 29.8 Å². The van der Waals surface area contributed by atoms with Gasteiger partial charge >= 0.3 is 0 Å². The van der Waals surface area contributed by atoms with Crippen molar-refractivity contribution in [1.29, 1.82) is 0 Å². The molecule has 1 aliphatic rings. The minimum Gasteiger partial charge on any atom is -0.497 e. The second kappa shape index (κ2) is 7.11. The molecule has 1 atom stereocenters. The summed E-state index contributed by atoms with van der Waals surface area (Å²) in [6, 6.07) is 7.54. The average molecular weight is 357 g/mol. The van der Waals surface area contributed by atoms with Crippen molar-refractivity contribution in [3.8, 4) is 17.1 Å². The molecule has 3 N–H and O–H groups in total. The van der Waals surface area contributed by atoms with Crippen LogP contribution in [-0.2, 0) is 0 Å². The van der Waals surface area contributed by atoms with E-state index in [2.05, 4.69) is 15.3 Å². The number of benzene rings is 1. The summed E-state index contributed by atoms with van der Waals surface area (Å²) in [6.45, 7) is 6.32. The number of methoxy groups -OCH3 is 1. The van der Waals surface area contributed by atoms with Gasteiger partial charge in [0.1, 0.15) is 17.3 Å². The number of imidazole rings is 1. The molecule has 3 rings (SSSR count). The van der Waals surface area contributed by atoms with Crippen molar-refractivity contribution >= 4 is 5.91 Å². The van der Waals surface area contributed by atoms with Gasteiger partial charge in [0, 0.05) is 23.2 Å². The number of amides is 1. The van der Waals surface area contributed by atoms with Gasteiger partial charge in [-0.3, -0.25) is 4.79 Å². The topological polar surface area (TPSA) is 87.2 Å². The number of hydrogen-bond acceptors (Lipinski definition) is 4. The van der Waals surface area contributed by atoms with Gasteiger partial charge in [0.15, 0.2) is 0 Å². The van der Waals surface area contributed by atoms with Gasteiger partial charge in [0.2, 0.25) is 0 Å². The lowest BCUT2D eigenvalue weighted by Crippen LogP contribution is -2.39. The van der Waals surface area contributed by atoms with Crippen LogP contribution < -0.4 is 10.1 Å². The lowest BCUT2D eigenvalue weighted by molar-refractivity contribution is 0.0489. The van der Waals surface area contributed by atoms with Gasteiger partial charge in [-0.1, -0.05) is 26.0 Å². The molecule has 1 aliphatic carbocycles. The Labute approximate surface area is 154 Å². The largest absolute Gasteiger partial charge is 0.497 e. The molecule has 2 aromatic rings. The number of aliphatic hydroxyl groups excluding tert-OH is 1. The van der Waals surface area contributed by atoms with Gasteiger partial charge in [0.25, 0.3) is 5.91 Å². The molecule has 26 heavy (non-hydrogen) atoms. The number of aryl methyl sites for hydroxylation is 1. The molecular formula is C20H27N3O3. The fraction of sp³-hybridized carbons (Fsp3) is 0.500. The Morgan fingerprint density at radius 3 is 2.77 bits per heavy atom. The first kappa shape index (κ1) is 18.5. The molecule has 1 amide bonds. The second-order valence-corrected chi connectivity index (χ2v) is 7.52. The molecule has 0 bridgehead atoms. The van der Waals surface area contributed by atoms with Crippen molar-refractivity contribution in [3.63, 3.8) is 0 Å². The van der Waals surface area contributed by atoms with Crippen LogP contribution in [-0.4, -0.2) is 40.7 Å². The first-order valence-electron chi connectivity index (χ1n) is 9.03. The lowest BCUT2D eigenvalue weighted by atomic mass is 9.90. The maximum absolute atomic E-state index is 12.6. The molecule has 0 spiro atoms. The van der Waals surface area contributed by atoms with Crippen LogP contribution in [0.15, 0.2) is 24.3 Å². The van der Waals surface area contributed by atoms with E-state index in [4.69, 9.17) is 4.74 Å². The standard InChI is InChI=1S/C20H27N3O3/c1-12(2)17(24)20(8-9-20)11-21-19(25)16-13(3)22-18(23-16)14-6-5-7-15(10-14)26-4/h5-7,10,12,17,24H,8-9,11H2,1-4H3,(H,21,25)(H,22,23)/t17-/m0/s1. The Kier molecular flexibility index (Phi) is 5.05. The zero-order chi connectivity index (χ0) is 18.9. The maximum Gasteiger partial charge on any atom is 0.271 e. The molecule has 1 aromatic carbocycles.